The molecule has 10 atom stereocenters. The summed E-state index contributed by atoms with van der Waals surface area (Å²) in [7, 11) is 0. The van der Waals surface area contributed by atoms with Gasteiger partial charge >= 0.3 is 23.9 Å². The maximum atomic E-state index is 12.8. The molecule has 0 unspecified atom stereocenters. The predicted molar refractivity (Wildman–Crippen MR) is 126 cm³/mol. The molecule has 11 nitrogen and oxygen atoms in total. The Balaban J connectivity index is 2.37. The van der Waals surface area contributed by atoms with E-state index in [1.54, 1.807) is 13.8 Å². The molecule has 2 fully saturated rings. The van der Waals surface area contributed by atoms with E-state index in [-0.39, 0.29) is 19.3 Å². The van der Waals surface area contributed by atoms with E-state index >= 15 is 0 Å². The van der Waals surface area contributed by atoms with E-state index in [4.69, 9.17) is 18.9 Å². The van der Waals surface area contributed by atoms with Crippen LogP contribution in [0.4, 0.5) is 0 Å². The molecular weight excluding hydrogens is 488 g/mol. The molecule has 1 aliphatic heterocycles. The number of rotatable bonds is 4. The Morgan fingerprint density at radius 1 is 1.05 bits per heavy atom. The Morgan fingerprint density at radius 3 is 2.16 bits per heavy atom. The van der Waals surface area contributed by atoms with Gasteiger partial charge in [-0.15, -0.1) is 0 Å². The average molecular weight is 527 g/mol. The highest BCUT2D eigenvalue weighted by atomic mass is 16.6. The summed E-state index contributed by atoms with van der Waals surface area (Å²) in [6.07, 6.45) is -3.85. The van der Waals surface area contributed by atoms with E-state index < -0.39 is 89.8 Å². The molecule has 1 saturated heterocycles. The lowest BCUT2D eigenvalue weighted by Gasteiger charge is -2.58. The van der Waals surface area contributed by atoms with Crippen LogP contribution in [-0.4, -0.2) is 81.9 Å². The number of hydrogen-bond donors (Lipinski definition) is 3. The molecule has 3 rings (SSSR count). The first kappa shape index (κ1) is 29.1. The second-order valence-corrected chi connectivity index (χ2v) is 10.8. The van der Waals surface area contributed by atoms with Crippen LogP contribution >= 0.6 is 0 Å². The van der Waals surface area contributed by atoms with Crippen molar-refractivity contribution in [1.29, 1.82) is 0 Å². The Labute approximate surface area is 216 Å². The summed E-state index contributed by atoms with van der Waals surface area (Å²) in [4.78, 5) is 49.6. The normalized spacial score (nSPS) is 43.3. The SMILES string of the molecule is CC(=O)O[C@H]1CC/C(CO)=C\[C@@H]2OC(=O)[C@H](C)[C@@]2(O)[C@@H](OC(C)=O)[C@H]2[C@@H](C)[C@H](O)C[C@@H](OC(C)=O)[C@@]21C. The number of hydrogen-bond acceptors (Lipinski definition) is 11. The van der Waals surface area contributed by atoms with Crippen LogP contribution in [0.3, 0.4) is 0 Å². The van der Waals surface area contributed by atoms with Gasteiger partial charge in [-0.05, 0) is 37.3 Å². The van der Waals surface area contributed by atoms with Crippen molar-refractivity contribution in [3.05, 3.63) is 11.6 Å². The minimum absolute atomic E-state index is 0.00778. The fourth-order valence-corrected chi connectivity index (χ4v) is 6.52. The Kier molecular flexibility index (Phi) is 8.41. The first-order valence-electron chi connectivity index (χ1n) is 12.6. The van der Waals surface area contributed by atoms with E-state index in [1.807, 2.05) is 0 Å². The standard InChI is InChI=1S/C26H38O11/c1-12-18(31)10-20(35-15(4)29)25(6)19(34-14(3)28)8-7-17(11-27)9-21-26(33,13(2)24(32)37-21)23(22(12)25)36-16(5)30/h9,12-13,18-23,27,31,33H,7-8,10-11H2,1-6H3/b17-9+/t12-,13-,18+,19-,20+,21-,22+,23-,25-,26-/m0/s1. The lowest BCUT2D eigenvalue weighted by atomic mass is 9.52. The number of ether oxygens (including phenoxy) is 4. The largest absolute Gasteiger partial charge is 0.462 e. The molecule has 0 radical (unpaired) electrons. The zero-order valence-corrected chi connectivity index (χ0v) is 22.1. The van der Waals surface area contributed by atoms with E-state index in [0.717, 1.165) is 6.92 Å². The van der Waals surface area contributed by atoms with Crippen LogP contribution in [-0.2, 0) is 38.1 Å². The molecule has 3 aliphatic rings. The average Bonchev–Trinajstić information content (AvgIpc) is 3.01. The van der Waals surface area contributed by atoms with Gasteiger partial charge in [-0.3, -0.25) is 19.2 Å². The third-order valence-corrected chi connectivity index (χ3v) is 8.49. The molecule has 11 heteroatoms. The van der Waals surface area contributed by atoms with Crippen LogP contribution in [0.5, 0.6) is 0 Å². The second-order valence-electron chi connectivity index (χ2n) is 10.8. The van der Waals surface area contributed by atoms with Gasteiger partial charge in [0, 0.05) is 38.5 Å². The van der Waals surface area contributed by atoms with E-state index in [0.29, 0.717) is 5.57 Å². The van der Waals surface area contributed by atoms with Crippen molar-refractivity contribution in [2.75, 3.05) is 6.61 Å². The molecule has 0 aromatic rings. The zero-order chi connectivity index (χ0) is 27.9. The van der Waals surface area contributed by atoms with Gasteiger partial charge in [0.1, 0.15) is 18.3 Å². The first-order valence-corrected chi connectivity index (χ1v) is 12.6. The molecule has 1 heterocycles. The summed E-state index contributed by atoms with van der Waals surface area (Å²) in [5.74, 6) is -5.49. The fraction of sp³-hybridized carbons (Fsp3) is 0.769. The highest BCUT2D eigenvalue weighted by Crippen LogP contribution is 2.56. The van der Waals surface area contributed by atoms with Gasteiger partial charge in [0.2, 0.25) is 0 Å². The van der Waals surface area contributed by atoms with Gasteiger partial charge in [0.25, 0.3) is 0 Å². The van der Waals surface area contributed by atoms with Crippen LogP contribution < -0.4 is 0 Å². The fourth-order valence-electron chi connectivity index (χ4n) is 6.52. The van der Waals surface area contributed by atoms with E-state index in [2.05, 4.69) is 0 Å². The monoisotopic (exact) mass is 526 g/mol. The topological polar surface area (TPSA) is 166 Å². The number of aliphatic hydroxyl groups excluding tert-OH is 2. The molecule has 0 amide bonds. The third kappa shape index (κ3) is 5.13. The molecule has 3 N–H and O–H groups in total. The number of esters is 4. The highest BCUT2D eigenvalue weighted by molar-refractivity contribution is 5.77. The van der Waals surface area contributed by atoms with Gasteiger partial charge in [-0.1, -0.05) is 13.8 Å². The summed E-state index contributed by atoms with van der Waals surface area (Å²) in [6.45, 7) is 8.05. The van der Waals surface area contributed by atoms with Gasteiger partial charge in [-0.2, -0.15) is 0 Å². The van der Waals surface area contributed by atoms with Crippen molar-refractivity contribution in [2.24, 2.45) is 23.2 Å². The smallest absolute Gasteiger partial charge is 0.312 e. The van der Waals surface area contributed by atoms with Gasteiger partial charge in [0.05, 0.1) is 18.6 Å². The summed E-state index contributed by atoms with van der Waals surface area (Å²) >= 11 is 0. The van der Waals surface area contributed by atoms with Crippen LogP contribution in [0, 0.1) is 23.2 Å². The summed E-state index contributed by atoms with van der Waals surface area (Å²) in [5, 5.41) is 33.4. The maximum absolute atomic E-state index is 12.8. The second kappa shape index (κ2) is 10.7. The maximum Gasteiger partial charge on any atom is 0.312 e. The van der Waals surface area contributed by atoms with E-state index in [9.17, 15) is 34.5 Å². The lowest BCUT2D eigenvalue weighted by Crippen LogP contribution is -2.68. The van der Waals surface area contributed by atoms with Crippen molar-refractivity contribution < 1.29 is 53.4 Å². The minimum Gasteiger partial charge on any atom is -0.462 e. The Morgan fingerprint density at radius 2 is 1.62 bits per heavy atom. The summed E-state index contributed by atoms with van der Waals surface area (Å²) in [5.41, 5.74) is -2.99. The van der Waals surface area contributed by atoms with Crippen LogP contribution in [0.1, 0.15) is 60.8 Å². The third-order valence-electron chi connectivity index (χ3n) is 8.49. The lowest BCUT2D eigenvalue weighted by molar-refractivity contribution is -0.250. The van der Waals surface area contributed by atoms with Gasteiger partial charge < -0.3 is 34.3 Å². The van der Waals surface area contributed by atoms with Crippen LogP contribution in [0.25, 0.3) is 0 Å². The summed E-state index contributed by atoms with van der Waals surface area (Å²) in [6, 6.07) is 0. The Bertz CT molecular complexity index is 960. The molecule has 37 heavy (non-hydrogen) atoms. The molecule has 0 spiro atoms. The van der Waals surface area contributed by atoms with Crippen molar-refractivity contribution >= 4 is 23.9 Å². The van der Waals surface area contributed by atoms with Gasteiger partial charge in [-0.25, -0.2) is 0 Å². The van der Waals surface area contributed by atoms with E-state index in [1.165, 1.54) is 26.8 Å². The minimum atomic E-state index is -2.11. The molecule has 0 aromatic carbocycles. The molecule has 208 valence electrons. The molecule has 2 aliphatic carbocycles. The van der Waals surface area contributed by atoms with Crippen LogP contribution in [0.2, 0.25) is 0 Å². The molecule has 1 saturated carbocycles. The van der Waals surface area contributed by atoms with Gasteiger partial charge in [0.15, 0.2) is 11.7 Å². The molecular formula is C26H38O11. The molecule has 0 aromatic heterocycles. The molecule has 0 bridgehead atoms. The van der Waals surface area contributed by atoms with Crippen molar-refractivity contribution in [2.45, 2.75) is 96.9 Å². The number of aliphatic hydroxyl groups is 3. The van der Waals surface area contributed by atoms with Crippen molar-refractivity contribution in [3.63, 3.8) is 0 Å². The first-order chi connectivity index (χ1) is 17.2. The summed E-state index contributed by atoms with van der Waals surface area (Å²) < 4.78 is 22.8. The zero-order valence-electron chi connectivity index (χ0n) is 22.1. The quantitative estimate of drug-likeness (QED) is 0.269. The van der Waals surface area contributed by atoms with Crippen molar-refractivity contribution in [3.8, 4) is 0 Å². The van der Waals surface area contributed by atoms with Crippen molar-refractivity contribution in [1.82, 2.24) is 0 Å². The number of carbonyl (C=O) groups is 4. The highest BCUT2D eigenvalue weighted by Gasteiger charge is 2.68. The predicted octanol–water partition coefficient (Wildman–Crippen LogP) is 0.810. The Hall–Kier alpha value is -2.50. The van der Waals surface area contributed by atoms with Crippen LogP contribution in [0.15, 0.2) is 11.6 Å². The number of carbonyl (C=O) groups excluding carboxylic acids is 4. The number of fused-ring (bicyclic) bond motifs is 2.